The van der Waals surface area contributed by atoms with E-state index in [0.717, 1.165) is 64.2 Å². The van der Waals surface area contributed by atoms with E-state index in [1.807, 2.05) is 6.08 Å². The van der Waals surface area contributed by atoms with Crippen LogP contribution in [0.25, 0.3) is 0 Å². The molecular formula is C73H133NO13. The van der Waals surface area contributed by atoms with Gasteiger partial charge in [0.2, 0.25) is 5.91 Å². The van der Waals surface area contributed by atoms with E-state index in [0.29, 0.717) is 6.42 Å². The monoisotopic (exact) mass is 1230 g/mol. The largest absolute Gasteiger partial charge is 0.394 e. The van der Waals surface area contributed by atoms with Gasteiger partial charge in [-0.25, -0.2) is 0 Å². The fraction of sp³-hybridized carbons (Fsp3) is 0.849. The minimum absolute atomic E-state index is 0.235. The lowest BCUT2D eigenvalue weighted by Crippen LogP contribution is -2.65. The number of hydrogen-bond acceptors (Lipinski definition) is 13. The summed E-state index contributed by atoms with van der Waals surface area (Å²) < 4.78 is 22.9. The molecule has 0 bridgehead atoms. The van der Waals surface area contributed by atoms with E-state index in [9.17, 15) is 45.6 Å². The topological polar surface area (TPSA) is 228 Å². The van der Waals surface area contributed by atoms with Gasteiger partial charge in [-0.15, -0.1) is 0 Å². The Morgan fingerprint density at radius 1 is 0.425 bits per heavy atom. The minimum atomic E-state index is -1.79. The van der Waals surface area contributed by atoms with E-state index in [1.54, 1.807) is 6.08 Å². The summed E-state index contributed by atoms with van der Waals surface area (Å²) in [7, 11) is 0. The zero-order chi connectivity index (χ0) is 63.1. The van der Waals surface area contributed by atoms with Crippen molar-refractivity contribution in [1.82, 2.24) is 5.32 Å². The van der Waals surface area contributed by atoms with Crippen LogP contribution in [0.4, 0.5) is 0 Å². The van der Waals surface area contributed by atoms with Crippen LogP contribution in [0.2, 0.25) is 0 Å². The highest BCUT2D eigenvalue weighted by molar-refractivity contribution is 5.76. The number of carbonyl (C=O) groups excluding carboxylic acids is 1. The van der Waals surface area contributed by atoms with Gasteiger partial charge in [0, 0.05) is 6.42 Å². The predicted molar refractivity (Wildman–Crippen MR) is 355 cm³/mol. The lowest BCUT2D eigenvalue weighted by atomic mass is 9.97. The molecule has 0 aromatic carbocycles. The van der Waals surface area contributed by atoms with Crippen molar-refractivity contribution < 1.29 is 64.6 Å². The molecule has 2 heterocycles. The number of nitrogens with one attached hydrogen (secondary N) is 1. The Labute approximate surface area is 530 Å². The first-order valence-electron chi connectivity index (χ1n) is 36.0. The van der Waals surface area contributed by atoms with E-state index >= 15 is 0 Å². The van der Waals surface area contributed by atoms with E-state index in [-0.39, 0.29) is 18.9 Å². The summed E-state index contributed by atoms with van der Waals surface area (Å²) >= 11 is 0. The standard InChI is InChI=1S/C73H133NO13/c1-3-5-7-9-11-13-15-17-19-21-23-24-25-26-27-28-29-30-31-32-33-34-35-36-37-38-39-41-43-45-47-49-51-53-55-57-65(78)74-61(62(77)56-54-52-50-48-46-44-42-40-22-20-18-16-14-12-10-8-6-4-2)60-84-72-70(83)68(81)71(64(59-76)86-72)87-73-69(82)67(80)66(79)63(58-75)85-73/h5,7,11,13,17,19,23-24,54,56,61-64,66-73,75-77,79-83H,3-4,6,8-10,12,14-16,18,20-22,25-53,55,57-60H2,1-2H3,(H,74,78)/b7-5-,13-11-,19-17-,24-23-,56-54+. The van der Waals surface area contributed by atoms with Crippen LogP contribution in [0.5, 0.6) is 0 Å². The zero-order valence-electron chi connectivity index (χ0n) is 55.3. The third-order valence-corrected chi connectivity index (χ3v) is 17.5. The summed E-state index contributed by atoms with van der Waals surface area (Å²) in [5, 5.41) is 87.4. The second kappa shape index (κ2) is 57.6. The SMILES string of the molecule is CC/C=C\C/C=C\C/C=C\C/C=C\CCCCCCCCCCCCCCCCCCCCCCCCC(=O)NC(COC1OC(CO)C(OC2OC(CO)C(O)C(O)C2O)C(O)C1O)C(O)/C=C/CCCCCCCCCCCCCCCCCC. The lowest BCUT2D eigenvalue weighted by molar-refractivity contribution is -0.359. The van der Waals surface area contributed by atoms with Crippen molar-refractivity contribution in [2.45, 2.75) is 376 Å². The Morgan fingerprint density at radius 3 is 1.22 bits per heavy atom. The van der Waals surface area contributed by atoms with Crippen LogP contribution in [0.15, 0.2) is 60.8 Å². The fourth-order valence-electron chi connectivity index (χ4n) is 11.8. The molecule has 0 spiro atoms. The molecule has 87 heavy (non-hydrogen) atoms. The Bertz CT molecular complexity index is 1690. The Morgan fingerprint density at radius 2 is 0.793 bits per heavy atom. The number of amides is 1. The molecule has 0 radical (unpaired) electrons. The van der Waals surface area contributed by atoms with Gasteiger partial charge in [0.25, 0.3) is 0 Å². The number of carbonyl (C=O) groups is 1. The number of rotatable bonds is 59. The van der Waals surface area contributed by atoms with E-state index in [2.05, 4.69) is 67.8 Å². The zero-order valence-corrected chi connectivity index (χ0v) is 55.3. The molecule has 0 saturated carbocycles. The maximum atomic E-state index is 13.3. The molecule has 0 aromatic heterocycles. The van der Waals surface area contributed by atoms with Gasteiger partial charge in [-0.05, 0) is 57.8 Å². The summed E-state index contributed by atoms with van der Waals surface area (Å²) in [6, 6.07) is -0.915. The number of ether oxygens (including phenoxy) is 4. The number of aliphatic hydroxyl groups excluding tert-OH is 8. The number of aliphatic hydroxyl groups is 8. The predicted octanol–water partition coefficient (Wildman–Crippen LogP) is 14.8. The summed E-state index contributed by atoms with van der Waals surface area (Å²) in [6.07, 6.45) is 60.0. The van der Waals surface area contributed by atoms with Gasteiger partial charge >= 0.3 is 0 Å². The molecule has 2 fully saturated rings. The van der Waals surface area contributed by atoms with Gasteiger partial charge < -0.3 is 65.1 Å². The molecule has 2 saturated heterocycles. The Kier molecular flexibility index (Phi) is 53.5. The van der Waals surface area contributed by atoms with E-state index < -0.39 is 86.8 Å². The van der Waals surface area contributed by atoms with Gasteiger partial charge in [-0.2, -0.15) is 0 Å². The van der Waals surface area contributed by atoms with Crippen LogP contribution >= 0.6 is 0 Å². The molecule has 14 heteroatoms. The van der Waals surface area contributed by atoms with Gasteiger partial charge in [0.15, 0.2) is 12.6 Å². The molecule has 508 valence electrons. The molecule has 14 nitrogen and oxygen atoms in total. The van der Waals surface area contributed by atoms with E-state index in [1.165, 1.54) is 212 Å². The molecule has 0 aliphatic carbocycles. The minimum Gasteiger partial charge on any atom is -0.394 e. The fourth-order valence-corrected chi connectivity index (χ4v) is 11.8. The van der Waals surface area contributed by atoms with Crippen molar-refractivity contribution in [2.75, 3.05) is 19.8 Å². The first kappa shape index (κ1) is 80.8. The molecule has 0 aromatic rings. The highest BCUT2D eigenvalue weighted by atomic mass is 16.7. The highest BCUT2D eigenvalue weighted by Gasteiger charge is 2.51. The maximum Gasteiger partial charge on any atom is 0.220 e. The summed E-state index contributed by atoms with van der Waals surface area (Å²) in [4.78, 5) is 13.3. The van der Waals surface area contributed by atoms with Crippen LogP contribution < -0.4 is 5.32 Å². The van der Waals surface area contributed by atoms with E-state index in [4.69, 9.17) is 18.9 Å². The smallest absolute Gasteiger partial charge is 0.220 e. The third-order valence-electron chi connectivity index (χ3n) is 17.5. The molecule has 12 atom stereocenters. The molecule has 2 aliphatic rings. The molecule has 2 rings (SSSR count). The first-order valence-corrected chi connectivity index (χ1v) is 36.0. The van der Waals surface area contributed by atoms with Crippen molar-refractivity contribution in [3.63, 3.8) is 0 Å². The average Bonchev–Trinajstić information content (AvgIpc) is 3.71. The number of allylic oxidation sites excluding steroid dienone is 9. The van der Waals surface area contributed by atoms with Crippen molar-refractivity contribution in [3.8, 4) is 0 Å². The summed E-state index contributed by atoms with van der Waals surface area (Å²) in [5.41, 5.74) is 0. The van der Waals surface area contributed by atoms with Crippen LogP contribution in [0.1, 0.15) is 303 Å². The highest BCUT2D eigenvalue weighted by Crippen LogP contribution is 2.30. The lowest BCUT2D eigenvalue weighted by Gasteiger charge is -2.46. The molecule has 9 N–H and O–H groups in total. The Hall–Kier alpha value is -2.31. The van der Waals surface area contributed by atoms with Crippen LogP contribution in [-0.2, 0) is 23.7 Å². The summed E-state index contributed by atoms with van der Waals surface area (Å²) in [5.74, 6) is -0.235. The molecule has 12 unspecified atom stereocenters. The second-order valence-corrected chi connectivity index (χ2v) is 25.3. The van der Waals surface area contributed by atoms with Gasteiger partial charge in [-0.3, -0.25) is 4.79 Å². The van der Waals surface area contributed by atoms with Crippen LogP contribution in [0, 0.1) is 0 Å². The van der Waals surface area contributed by atoms with Crippen LogP contribution in [0.3, 0.4) is 0 Å². The first-order chi connectivity index (χ1) is 42.6. The Balaban J connectivity index is 1.61. The molecule has 2 aliphatic heterocycles. The quantitative estimate of drug-likeness (QED) is 0.0204. The van der Waals surface area contributed by atoms with Gasteiger partial charge in [-0.1, -0.05) is 299 Å². The van der Waals surface area contributed by atoms with Gasteiger partial charge in [0.05, 0.1) is 32.0 Å². The van der Waals surface area contributed by atoms with Crippen LogP contribution in [-0.4, -0.2) is 140 Å². The van der Waals surface area contributed by atoms with Crippen molar-refractivity contribution >= 4 is 5.91 Å². The summed E-state index contributed by atoms with van der Waals surface area (Å²) in [6.45, 7) is 2.72. The van der Waals surface area contributed by atoms with Gasteiger partial charge in [0.1, 0.15) is 48.8 Å². The molecule has 1 amide bonds. The normalized spacial score (nSPS) is 23.6. The average molecular weight is 1230 g/mol. The number of hydrogen-bond donors (Lipinski definition) is 9. The maximum absolute atomic E-state index is 13.3. The number of unbranched alkanes of at least 4 members (excludes halogenated alkanes) is 38. The molecular weight excluding hydrogens is 1100 g/mol. The van der Waals surface area contributed by atoms with Crippen molar-refractivity contribution in [3.05, 3.63) is 60.8 Å². The van der Waals surface area contributed by atoms with Crippen molar-refractivity contribution in [2.24, 2.45) is 0 Å². The van der Waals surface area contributed by atoms with Crippen molar-refractivity contribution in [1.29, 1.82) is 0 Å². The second-order valence-electron chi connectivity index (χ2n) is 25.3. The third kappa shape index (κ3) is 41.7.